The zero-order valence-electron chi connectivity index (χ0n) is 11.4. The number of methoxy groups -OCH3 is 1. The molecular formula is C14H18FN3O. The summed E-state index contributed by atoms with van der Waals surface area (Å²) in [5.41, 5.74) is 2.20. The number of hydrogen-bond acceptors (Lipinski definition) is 3. The molecule has 4 nitrogen and oxygen atoms in total. The molecule has 102 valence electrons. The van der Waals surface area contributed by atoms with Crippen LogP contribution in [0.1, 0.15) is 11.3 Å². The average molecular weight is 263 g/mol. The summed E-state index contributed by atoms with van der Waals surface area (Å²) in [6.45, 7) is 5.02. The highest BCUT2D eigenvalue weighted by Gasteiger charge is 2.08. The molecule has 0 saturated carbocycles. The molecule has 2 aromatic rings. The first kappa shape index (κ1) is 13.5. The van der Waals surface area contributed by atoms with Gasteiger partial charge in [0.2, 0.25) is 5.95 Å². The SMILES string of the molecule is COCCn1cc(C)nc1Nc1ccc(C)cc1F. The summed E-state index contributed by atoms with van der Waals surface area (Å²) in [5, 5.41) is 3.02. The van der Waals surface area contributed by atoms with E-state index in [1.807, 2.05) is 30.7 Å². The maximum Gasteiger partial charge on any atom is 0.207 e. The fourth-order valence-electron chi connectivity index (χ4n) is 1.85. The number of anilines is 2. The van der Waals surface area contributed by atoms with E-state index in [2.05, 4.69) is 10.3 Å². The Morgan fingerprint density at radius 2 is 2.16 bits per heavy atom. The van der Waals surface area contributed by atoms with Gasteiger partial charge in [-0.15, -0.1) is 0 Å². The highest BCUT2D eigenvalue weighted by molar-refractivity contribution is 5.55. The summed E-state index contributed by atoms with van der Waals surface area (Å²) in [5.74, 6) is 0.344. The van der Waals surface area contributed by atoms with Crippen molar-refractivity contribution >= 4 is 11.6 Å². The van der Waals surface area contributed by atoms with E-state index in [1.165, 1.54) is 6.07 Å². The van der Waals surface area contributed by atoms with Crippen LogP contribution in [0.15, 0.2) is 24.4 Å². The van der Waals surface area contributed by atoms with Gasteiger partial charge in [-0.25, -0.2) is 9.37 Å². The predicted octanol–water partition coefficient (Wildman–Crippen LogP) is 3.03. The molecule has 1 aromatic carbocycles. The van der Waals surface area contributed by atoms with E-state index in [0.717, 1.165) is 11.3 Å². The van der Waals surface area contributed by atoms with Crippen LogP contribution in [-0.2, 0) is 11.3 Å². The molecule has 0 fully saturated rings. The number of halogens is 1. The van der Waals surface area contributed by atoms with Crippen LogP contribution in [0.25, 0.3) is 0 Å². The summed E-state index contributed by atoms with van der Waals surface area (Å²) in [6.07, 6.45) is 1.91. The Labute approximate surface area is 112 Å². The fourth-order valence-corrected chi connectivity index (χ4v) is 1.85. The number of hydrogen-bond donors (Lipinski definition) is 1. The summed E-state index contributed by atoms with van der Waals surface area (Å²) in [7, 11) is 1.65. The minimum atomic E-state index is -0.279. The molecule has 0 bridgehead atoms. The summed E-state index contributed by atoms with van der Waals surface area (Å²) >= 11 is 0. The van der Waals surface area contributed by atoms with Gasteiger partial charge in [0.15, 0.2) is 0 Å². The lowest BCUT2D eigenvalue weighted by Crippen LogP contribution is -2.07. The highest BCUT2D eigenvalue weighted by Crippen LogP contribution is 2.20. The Balaban J connectivity index is 2.22. The lowest BCUT2D eigenvalue weighted by atomic mass is 10.2. The normalized spacial score (nSPS) is 10.7. The van der Waals surface area contributed by atoms with E-state index >= 15 is 0 Å². The highest BCUT2D eigenvalue weighted by atomic mass is 19.1. The number of benzene rings is 1. The maximum absolute atomic E-state index is 13.8. The summed E-state index contributed by atoms with van der Waals surface area (Å²) in [4.78, 5) is 4.35. The molecule has 0 spiro atoms. The lowest BCUT2D eigenvalue weighted by Gasteiger charge is -2.10. The Hall–Kier alpha value is -1.88. The van der Waals surface area contributed by atoms with Crippen molar-refractivity contribution in [3.05, 3.63) is 41.5 Å². The topological polar surface area (TPSA) is 39.1 Å². The van der Waals surface area contributed by atoms with Crippen LogP contribution < -0.4 is 5.32 Å². The van der Waals surface area contributed by atoms with E-state index in [-0.39, 0.29) is 5.82 Å². The first-order chi connectivity index (χ1) is 9.10. The monoisotopic (exact) mass is 263 g/mol. The fraction of sp³-hybridized carbons (Fsp3) is 0.357. The third-order valence-corrected chi connectivity index (χ3v) is 2.80. The zero-order chi connectivity index (χ0) is 13.8. The molecule has 5 heteroatoms. The second kappa shape index (κ2) is 5.84. The molecule has 0 amide bonds. The van der Waals surface area contributed by atoms with E-state index in [4.69, 9.17) is 4.74 Å². The predicted molar refractivity (Wildman–Crippen MR) is 73.3 cm³/mol. The van der Waals surface area contributed by atoms with E-state index in [0.29, 0.717) is 24.8 Å². The average Bonchev–Trinajstić information content (AvgIpc) is 2.70. The van der Waals surface area contributed by atoms with Gasteiger partial charge in [0.25, 0.3) is 0 Å². The number of rotatable bonds is 5. The van der Waals surface area contributed by atoms with E-state index in [1.54, 1.807) is 13.2 Å². The Kier molecular flexibility index (Phi) is 4.16. The number of aryl methyl sites for hydroxylation is 2. The molecule has 1 aromatic heterocycles. The Morgan fingerprint density at radius 3 is 2.84 bits per heavy atom. The minimum Gasteiger partial charge on any atom is -0.383 e. The molecular weight excluding hydrogens is 245 g/mol. The molecule has 0 aliphatic rings. The Morgan fingerprint density at radius 1 is 1.37 bits per heavy atom. The molecule has 19 heavy (non-hydrogen) atoms. The quantitative estimate of drug-likeness (QED) is 0.901. The largest absolute Gasteiger partial charge is 0.383 e. The van der Waals surface area contributed by atoms with Crippen molar-refractivity contribution in [1.29, 1.82) is 0 Å². The van der Waals surface area contributed by atoms with Crippen molar-refractivity contribution in [3.63, 3.8) is 0 Å². The van der Waals surface area contributed by atoms with Gasteiger partial charge in [-0.2, -0.15) is 0 Å². The number of nitrogens with one attached hydrogen (secondary N) is 1. The minimum absolute atomic E-state index is 0.279. The van der Waals surface area contributed by atoms with E-state index in [9.17, 15) is 4.39 Å². The van der Waals surface area contributed by atoms with Crippen molar-refractivity contribution < 1.29 is 9.13 Å². The van der Waals surface area contributed by atoms with Crippen LogP contribution >= 0.6 is 0 Å². The van der Waals surface area contributed by atoms with Crippen LogP contribution in [0.5, 0.6) is 0 Å². The van der Waals surface area contributed by atoms with Crippen molar-refractivity contribution in [3.8, 4) is 0 Å². The van der Waals surface area contributed by atoms with Crippen molar-refractivity contribution in [2.75, 3.05) is 19.0 Å². The maximum atomic E-state index is 13.8. The third-order valence-electron chi connectivity index (χ3n) is 2.80. The Bertz CT molecular complexity index is 566. The van der Waals surface area contributed by atoms with Crippen LogP contribution in [0.3, 0.4) is 0 Å². The van der Waals surface area contributed by atoms with Gasteiger partial charge in [-0.05, 0) is 31.5 Å². The molecule has 0 saturated heterocycles. The van der Waals surface area contributed by atoms with Gasteiger partial charge in [0.1, 0.15) is 5.82 Å². The number of imidazole rings is 1. The van der Waals surface area contributed by atoms with Crippen molar-refractivity contribution in [1.82, 2.24) is 9.55 Å². The van der Waals surface area contributed by atoms with Crippen molar-refractivity contribution in [2.24, 2.45) is 0 Å². The van der Waals surface area contributed by atoms with Crippen molar-refractivity contribution in [2.45, 2.75) is 20.4 Å². The van der Waals surface area contributed by atoms with Gasteiger partial charge in [-0.1, -0.05) is 6.07 Å². The smallest absolute Gasteiger partial charge is 0.207 e. The molecule has 0 atom stereocenters. The first-order valence-corrected chi connectivity index (χ1v) is 6.16. The van der Waals surface area contributed by atoms with Gasteiger partial charge in [0.05, 0.1) is 18.0 Å². The van der Waals surface area contributed by atoms with Crippen LogP contribution in [0, 0.1) is 19.7 Å². The van der Waals surface area contributed by atoms with Crippen LogP contribution in [0.2, 0.25) is 0 Å². The number of nitrogens with zero attached hydrogens (tertiary/aromatic N) is 2. The molecule has 2 rings (SSSR count). The molecule has 0 aliphatic carbocycles. The summed E-state index contributed by atoms with van der Waals surface area (Å²) in [6, 6.07) is 5.08. The number of ether oxygens (including phenoxy) is 1. The molecule has 1 heterocycles. The van der Waals surface area contributed by atoms with Crippen LogP contribution in [-0.4, -0.2) is 23.3 Å². The van der Waals surface area contributed by atoms with Gasteiger partial charge in [-0.3, -0.25) is 0 Å². The molecule has 0 unspecified atom stereocenters. The van der Waals surface area contributed by atoms with Gasteiger partial charge >= 0.3 is 0 Å². The first-order valence-electron chi connectivity index (χ1n) is 6.16. The molecule has 0 radical (unpaired) electrons. The van der Waals surface area contributed by atoms with Gasteiger partial charge in [0, 0.05) is 19.9 Å². The second-order valence-electron chi connectivity index (χ2n) is 4.50. The summed E-state index contributed by atoms with van der Waals surface area (Å²) < 4.78 is 20.8. The lowest BCUT2D eigenvalue weighted by molar-refractivity contribution is 0.188. The van der Waals surface area contributed by atoms with E-state index < -0.39 is 0 Å². The number of aromatic nitrogens is 2. The van der Waals surface area contributed by atoms with Gasteiger partial charge < -0.3 is 14.6 Å². The molecule has 1 N–H and O–H groups in total. The van der Waals surface area contributed by atoms with Crippen LogP contribution in [0.4, 0.5) is 16.0 Å². The molecule has 0 aliphatic heterocycles. The third kappa shape index (κ3) is 3.32. The standard InChI is InChI=1S/C14H18FN3O/c1-10-4-5-13(12(15)8-10)17-14-16-11(2)9-18(14)6-7-19-3/h4-5,8-9H,6-7H2,1-3H3,(H,16,17). The second-order valence-corrected chi connectivity index (χ2v) is 4.50. The zero-order valence-corrected chi connectivity index (χ0v) is 11.4.